The molecule has 1 N–H and O–H groups in total. The van der Waals surface area contributed by atoms with Gasteiger partial charge in [0.15, 0.2) is 5.78 Å². The number of fused-ring (bicyclic) bond motifs is 1. The minimum atomic E-state index is -0.762. The number of hydrogen-bond acceptors (Lipinski definition) is 2. The fourth-order valence-electron chi connectivity index (χ4n) is 3.43. The van der Waals surface area contributed by atoms with Crippen molar-refractivity contribution >= 4 is 5.78 Å². The smallest absolute Gasteiger partial charge is 0.185 e. The second kappa shape index (κ2) is 5.00. The van der Waals surface area contributed by atoms with Gasteiger partial charge in [0.05, 0.1) is 11.6 Å². The van der Waals surface area contributed by atoms with Crippen molar-refractivity contribution in [3.05, 3.63) is 35.4 Å². The van der Waals surface area contributed by atoms with Crippen LogP contribution in [0.5, 0.6) is 0 Å². The summed E-state index contributed by atoms with van der Waals surface area (Å²) in [6.45, 7) is 0. The molecule has 3 rings (SSSR count). The molecule has 0 amide bonds. The van der Waals surface area contributed by atoms with E-state index in [1.54, 1.807) is 0 Å². The summed E-state index contributed by atoms with van der Waals surface area (Å²) in [7, 11) is 0. The Bertz CT molecular complexity index is 469. The molecule has 3 unspecified atom stereocenters. The normalized spacial score (nSPS) is 30.1. The first kappa shape index (κ1) is 12.7. The van der Waals surface area contributed by atoms with Gasteiger partial charge in [-0.25, -0.2) is 8.78 Å². The lowest BCUT2D eigenvalue weighted by Gasteiger charge is -2.24. The minimum absolute atomic E-state index is 0.345. The highest BCUT2D eigenvalue weighted by Gasteiger charge is 2.39. The molecule has 4 heteroatoms. The fourth-order valence-corrected chi connectivity index (χ4v) is 3.43. The number of carbonyl (C=O) groups excluding carboxylic acids is 1. The highest BCUT2D eigenvalue weighted by molar-refractivity contribution is 6.00. The molecule has 1 aromatic carbocycles. The zero-order valence-electron chi connectivity index (χ0n) is 10.7. The van der Waals surface area contributed by atoms with Gasteiger partial charge in [0.2, 0.25) is 0 Å². The van der Waals surface area contributed by atoms with Crippen molar-refractivity contribution in [1.82, 2.24) is 5.32 Å². The van der Waals surface area contributed by atoms with Crippen LogP contribution in [0.3, 0.4) is 0 Å². The van der Waals surface area contributed by atoms with Crippen molar-refractivity contribution in [1.29, 1.82) is 0 Å². The van der Waals surface area contributed by atoms with E-state index in [2.05, 4.69) is 5.32 Å². The lowest BCUT2D eigenvalue weighted by molar-refractivity contribution is 0.0940. The predicted molar refractivity (Wildman–Crippen MR) is 68.0 cm³/mol. The molecule has 1 aliphatic carbocycles. The lowest BCUT2D eigenvalue weighted by Crippen LogP contribution is -2.37. The Balaban J connectivity index is 1.81. The van der Waals surface area contributed by atoms with Gasteiger partial charge >= 0.3 is 0 Å². The lowest BCUT2D eigenvalue weighted by atomic mass is 9.84. The van der Waals surface area contributed by atoms with Crippen LogP contribution in [0.15, 0.2) is 18.2 Å². The number of carbonyl (C=O) groups is 1. The monoisotopic (exact) mass is 265 g/mol. The molecule has 2 nitrogen and oxygen atoms in total. The van der Waals surface area contributed by atoms with Crippen LogP contribution < -0.4 is 5.32 Å². The Hall–Kier alpha value is -1.29. The van der Waals surface area contributed by atoms with E-state index in [-0.39, 0.29) is 0 Å². The fraction of sp³-hybridized carbons (Fsp3) is 0.533. The van der Waals surface area contributed by atoms with E-state index >= 15 is 0 Å². The Labute approximate surface area is 111 Å². The van der Waals surface area contributed by atoms with Crippen LogP contribution >= 0.6 is 0 Å². The number of nitrogens with one attached hydrogen (secondary N) is 1. The maximum absolute atomic E-state index is 13.6. The quantitative estimate of drug-likeness (QED) is 0.833. The number of Topliss-reactive ketones (excluding diaryl/α,β-unsaturated/α-hetero) is 1. The summed E-state index contributed by atoms with van der Waals surface area (Å²) in [5.41, 5.74) is -0.390. The molecule has 3 atom stereocenters. The standard InChI is InChI=1S/C15H17F2NO/c16-10-5-3-6-11(17)14(10)15(19)13-8-9-4-1-2-7-12(9)18-13/h3,5-6,9,12-13,18H,1-2,4,7-8H2. The Morgan fingerprint density at radius 2 is 1.84 bits per heavy atom. The van der Waals surface area contributed by atoms with Crippen molar-refractivity contribution in [3.8, 4) is 0 Å². The van der Waals surface area contributed by atoms with Gasteiger partial charge in [-0.15, -0.1) is 0 Å². The number of benzene rings is 1. The zero-order valence-corrected chi connectivity index (χ0v) is 10.7. The van der Waals surface area contributed by atoms with Crippen LogP contribution in [-0.2, 0) is 0 Å². The molecule has 1 saturated heterocycles. The van der Waals surface area contributed by atoms with Gasteiger partial charge in [-0.05, 0) is 37.3 Å². The maximum Gasteiger partial charge on any atom is 0.185 e. The Morgan fingerprint density at radius 3 is 2.53 bits per heavy atom. The summed E-state index contributed by atoms with van der Waals surface area (Å²) >= 11 is 0. The molecule has 1 aliphatic heterocycles. The topological polar surface area (TPSA) is 29.1 Å². The Morgan fingerprint density at radius 1 is 1.16 bits per heavy atom. The first-order valence-electron chi connectivity index (χ1n) is 6.91. The van der Waals surface area contributed by atoms with Gasteiger partial charge in [0.25, 0.3) is 0 Å². The first-order chi connectivity index (χ1) is 9.16. The molecule has 2 fully saturated rings. The summed E-state index contributed by atoms with van der Waals surface area (Å²) in [5.74, 6) is -1.48. The van der Waals surface area contributed by atoms with E-state index in [1.807, 2.05) is 0 Å². The average molecular weight is 265 g/mol. The van der Waals surface area contributed by atoms with Crippen LogP contribution in [0.1, 0.15) is 42.5 Å². The van der Waals surface area contributed by atoms with Crippen LogP contribution in [0.25, 0.3) is 0 Å². The second-order valence-corrected chi connectivity index (χ2v) is 5.57. The van der Waals surface area contributed by atoms with Gasteiger partial charge in [0, 0.05) is 6.04 Å². The van der Waals surface area contributed by atoms with Crippen LogP contribution in [0.2, 0.25) is 0 Å². The molecule has 0 bridgehead atoms. The molecular weight excluding hydrogens is 248 g/mol. The van der Waals surface area contributed by atoms with E-state index in [4.69, 9.17) is 0 Å². The molecule has 2 aliphatic rings. The summed E-state index contributed by atoms with van der Waals surface area (Å²) in [4.78, 5) is 12.3. The summed E-state index contributed by atoms with van der Waals surface area (Å²) in [6.07, 6.45) is 5.24. The van der Waals surface area contributed by atoms with Crippen molar-refractivity contribution in [3.63, 3.8) is 0 Å². The van der Waals surface area contributed by atoms with E-state index in [0.29, 0.717) is 18.4 Å². The largest absolute Gasteiger partial charge is 0.304 e. The third-order valence-electron chi connectivity index (χ3n) is 4.39. The Kier molecular flexibility index (Phi) is 3.35. The number of halogens is 2. The maximum atomic E-state index is 13.6. The number of hydrogen-bond donors (Lipinski definition) is 1. The molecular formula is C15H17F2NO. The molecule has 0 spiro atoms. The molecule has 1 saturated carbocycles. The predicted octanol–water partition coefficient (Wildman–Crippen LogP) is 3.07. The van der Waals surface area contributed by atoms with E-state index in [0.717, 1.165) is 25.0 Å². The zero-order chi connectivity index (χ0) is 13.4. The number of rotatable bonds is 2. The van der Waals surface area contributed by atoms with Gasteiger partial charge in [-0.2, -0.15) is 0 Å². The van der Waals surface area contributed by atoms with E-state index in [9.17, 15) is 13.6 Å². The van der Waals surface area contributed by atoms with Gasteiger partial charge in [-0.1, -0.05) is 18.9 Å². The van der Waals surface area contributed by atoms with Gasteiger partial charge in [-0.3, -0.25) is 4.79 Å². The van der Waals surface area contributed by atoms with Gasteiger partial charge in [0.1, 0.15) is 11.6 Å². The summed E-state index contributed by atoms with van der Waals surface area (Å²) in [6, 6.07) is 3.47. The third kappa shape index (κ3) is 2.29. The summed E-state index contributed by atoms with van der Waals surface area (Å²) < 4.78 is 27.3. The van der Waals surface area contributed by atoms with Crippen LogP contribution in [0, 0.1) is 17.6 Å². The third-order valence-corrected chi connectivity index (χ3v) is 4.39. The van der Waals surface area contributed by atoms with Crippen molar-refractivity contribution in [2.75, 3.05) is 0 Å². The van der Waals surface area contributed by atoms with Crippen molar-refractivity contribution in [2.24, 2.45) is 5.92 Å². The highest BCUT2D eigenvalue weighted by Crippen LogP contribution is 2.34. The van der Waals surface area contributed by atoms with Gasteiger partial charge < -0.3 is 5.32 Å². The molecule has 1 aromatic rings. The number of ketones is 1. The first-order valence-corrected chi connectivity index (χ1v) is 6.91. The van der Waals surface area contributed by atoms with Crippen molar-refractivity contribution < 1.29 is 13.6 Å². The SMILES string of the molecule is O=C(c1c(F)cccc1F)C1CC2CCCCC2N1. The van der Waals surface area contributed by atoms with Crippen molar-refractivity contribution in [2.45, 2.75) is 44.2 Å². The second-order valence-electron chi connectivity index (χ2n) is 5.57. The molecule has 19 heavy (non-hydrogen) atoms. The molecule has 1 heterocycles. The highest BCUT2D eigenvalue weighted by atomic mass is 19.1. The van der Waals surface area contributed by atoms with E-state index < -0.39 is 29.0 Å². The van der Waals surface area contributed by atoms with Crippen LogP contribution in [0.4, 0.5) is 8.78 Å². The minimum Gasteiger partial charge on any atom is -0.304 e. The van der Waals surface area contributed by atoms with E-state index in [1.165, 1.54) is 18.9 Å². The molecule has 0 radical (unpaired) electrons. The van der Waals surface area contributed by atoms with Crippen LogP contribution in [-0.4, -0.2) is 17.9 Å². The molecule has 102 valence electrons. The molecule has 0 aromatic heterocycles. The average Bonchev–Trinajstić information content (AvgIpc) is 2.82. The summed E-state index contributed by atoms with van der Waals surface area (Å²) in [5, 5.41) is 3.26.